The lowest BCUT2D eigenvalue weighted by Gasteiger charge is -2.35. The number of likely N-dealkylation sites (N-methyl/N-ethyl adjacent to an activating group) is 1. The van der Waals surface area contributed by atoms with Crippen LogP contribution in [0.2, 0.25) is 0 Å². The average molecular weight is 247 g/mol. The van der Waals surface area contributed by atoms with Gasteiger partial charge < -0.3 is 10.1 Å². The second-order valence-corrected chi connectivity index (χ2v) is 7.36. The molecule has 1 N–H and O–H groups in total. The van der Waals surface area contributed by atoms with Crippen LogP contribution in [0, 0.1) is 0 Å². The predicted octanol–water partition coefficient (Wildman–Crippen LogP) is 1.09. The van der Waals surface area contributed by atoms with Gasteiger partial charge in [0.05, 0.1) is 23.7 Å². The number of hydrogen-bond acceptors (Lipinski definition) is 4. The van der Waals surface area contributed by atoms with Crippen molar-refractivity contribution >= 4 is 9.84 Å². The highest BCUT2D eigenvalue weighted by Crippen LogP contribution is 2.28. The first kappa shape index (κ1) is 13.5. The van der Waals surface area contributed by atoms with Gasteiger partial charge in [-0.05, 0) is 39.3 Å². The van der Waals surface area contributed by atoms with Gasteiger partial charge in [0.1, 0.15) is 0 Å². The third kappa shape index (κ3) is 2.58. The second-order valence-electron chi connectivity index (χ2n) is 4.76. The number of nitrogens with one attached hydrogen (secondary N) is 1. The van der Waals surface area contributed by atoms with E-state index in [1.165, 1.54) is 6.26 Å². The van der Waals surface area contributed by atoms with Crippen LogP contribution in [-0.4, -0.2) is 39.1 Å². The molecule has 1 rings (SSSR count). The summed E-state index contributed by atoms with van der Waals surface area (Å²) in [4.78, 5) is 0. The molecule has 1 aliphatic heterocycles. The number of sulfone groups is 1. The van der Waals surface area contributed by atoms with Gasteiger partial charge in [-0.3, -0.25) is 0 Å². The van der Waals surface area contributed by atoms with Gasteiger partial charge in [-0.15, -0.1) is 0 Å². The van der Waals surface area contributed by atoms with Crippen LogP contribution in [0.4, 0.5) is 0 Å². The Kier molecular flexibility index (Phi) is 4.02. The van der Waals surface area contributed by atoms with E-state index >= 15 is 0 Å². The van der Waals surface area contributed by atoms with Gasteiger partial charge in [0.25, 0.3) is 0 Å². The fourth-order valence-corrected chi connectivity index (χ4v) is 2.69. The molecule has 0 saturated carbocycles. The summed E-state index contributed by atoms with van der Waals surface area (Å²) in [5.74, 6) is 0. The van der Waals surface area contributed by atoms with E-state index in [9.17, 15) is 8.42 Å². The molecular weight excluding hydrogens is 226 g/mol. The van der Waals surface area contributed by atoms with Crippen LogP contribution >= 0.6 is 0 Å². The Morgan fingerprint density at radius 1 is 1.50 bits per heavy atom. The van der Waals surface area contributed by atoms with Crippen molar-refractivity contribution in [2.45, 2.75) is 37.5 Å². The van der Waals surface area contributed by atoms with Crippen LogP contribution in [0.25, 0.3) is 0 Å². The molecule has 1 heterocycles. The molecule has 0 aromatic heterocycles. The van der Waals surface area contributed by atoms with Crippen LogP contribution < -0.4 is 5.32 Å². The van der Waals surface area contributed by atoms with E-state index in [1.807, 2.05) is 0 Å². The monoisotopic (exact) mass is 247 g/mol. The fourth-order valence-electron chi connectivity index (χ4n) is 1.99. The van der Waals surface area contributed by atoms with Crippen molar-refractivity contribution in [1.29, 1.82) is 0 Å². The third-order valence-corrected chi connectivity index (χ3v) is 5.42. The molecule has 1 unspecified atom stereocenters. The minimum absolute atomic E-state index is 0.192. The molecular formula is C11H21NO3S. The standard InChI is InChI=1S/C11H21NO3S/c1-11(2,16(4,13)14)10(12-3)9-6-5-7-15-8-9/h8,10,12H,5-7H2,1-4H3. The zero-order valence-corrected chi connectivity index (χ0v) is 11.2. The third-order valence-electron chi connectivity index (χ3n) is 3.27. The van der Waals surface area contributed by atoms with Crippen molar-refractivity contribution in [2.24, 2.45) is 0 Å². The maximum Gasteiger partial charge on any atom is 0.154 e. The van der Waals surface area contributed by atoms with Crippen LogP contribution in [0.1, 0.15) is 26.7 Å². The Hall–Kier alpha value is -0.550. The Labute approximate surface area is 98.0 Å². The molecule has 0 radical (unpaired) electrons. The maximum absolute atomic E-state index is 11.8. The van der Waals surface area contributed by atoms with E-state index in [1.54, 1.807) is 27.2 Å². The normalized spacial score (nSPS) is 19.9. The van der Waals surface area contributed by atoms with E-state index < -0.39 is 14.6 Å². The van der Waals surface area contributed by atoms with Crippen LogP contribution in [0.5, 0.6) is 0 Å². The SMILES string of the molecule is CNC(C1=COCCC1)C(C)(C)S(C)(=O)=O. The highest BCUT2D eigenvalue weighted by molar-refractivity contribution is 7.92. The molecule has 0 saturated heterocycles. The Balaban J connectivity index is 3.02. The molecule has 1 atom stereocenters. The quantitative estimate of drug-likeness (QED) is 0.808. The highest BCUT2D eigenvalue weighted by Gasteiger charge is 2.40. The largest absolute Gasteiger partial charge is 0.501 e. The molecule has 4 nitrogen and oxygen atoms in total. The smallest absolute Gasteiger partial charge is 0.154 e. The van der Waals surface area contributed by atoms with Gasteiger partial charge in [0, 0.05) is 6.26 Å². The lowest BCUT2D eigenvalue weighted by atomic mass is 9.92. The molecule has 0 amide bonds. The summed E-state index contributed by atoms with van der Waals surface area (Å²) in [5, 5.41) is 3.09. The number of rotatable bonds is 4. The zero-order valence-electron chi connectivity index (χ0n) is 10.4. The van der Waals surface area contributed by atoms with E-state index in [0.717, 1.165) is 25.0 Å². The Morgan fingerprint density at radius 3 is 2.50 bits per heavy atom. The molecule has 0 aromatic carbocycles. The van der Waals surface area contributed by atoms with Crippen molar-refractivity contribution in [2.75, 3.05) is 19.9 Å². The van der Waals surface area contributed by atoms with Crippen LogP contribution in [0.3, 0.4) is 0 Å². The molecule has 0 aromatic rings. The minimum atomic E-state index is -3.12. The van der Waals surface area contributed by atoms with Crippen LogP contribution in [0.15, 0.2) is 11.8 Å². The lowest BCUT2D eigenvalue weighted by molar-refractivity contribution is 0.217. The van der Waals surface area contributed by atoms with Gasteiger partial charge >= 0.3 is 0 Å². The van der Waals surface area contributed by atoms with Crippen molar-refractivity contribution in [3.05, 3.63) is 11.8 Å². The van der Waals surface area contributed by atoms with E-state index in [4.69, 9.17) is 4.74 Å². The topological polar surface area (TPSA) is 55.4 Å². The fraction of sp³-hybridized carbons (Fsp3) is 0.818. The van der Waals surface area contributed by atoms with Crippen molar-refractivity contribution in [1.82, 2.24) is 5.32 Å². The van der Waals surface area contributed by atoms with Crippen molar-refractivity contribution in [3.8, 4) is 0 Å². The van der Waals surface area contributed by atoms with Crippen molar-refractivity contribution < 1.29 is 13.2 Å². The van der Waals surface area contributed by atoms with Gasteiger partial charge in [-0.25, -0.2) is 8.42 Å². The summed E-state index contributed by atoms with van der Waals surface area (Å²) >= 11 is 0. The molecule has 0 fully saturated rings. The maximum atomic E-state index is 11.8. The van der Waals surface area contributed by atoms with Gasteiger partial charge in [-0.1, -0.05) is 0 Å². The lowest BCUT2D eigenvalue weighted by Crippen LogP contribution is -2.51. The van der Waals surface area contributed by atoms with Crippen molar-refractivity contribution in [3.63, 3.8) is 0 Å². The zero-order chi connectivity index (χ0) is 12.4. The first-order valence-corrected chi connectivity index (χ1v) is 7.37. The summed E-state index contributed by atoms with van der Waals surface area (Å²) in [5.41, 5.74) is 1.03. The summed E-state index contributed by atoms with van der Waals surface area (Å²) in [6.45, 7) is 4.22. The summed E-state index contributed by atoms with van der Waals surface area (Å²) < 4.78 is 28.0. The first-order chi connectivity index (χ1) is 7.30. The number of ether oxygens (including phenoxy) is 1. The molecule has 0 spiro atoms. The van der Waals surface area contributed by atoms with Gasteiger partial charge in [0.2, 0.25) is 0 Å². The van der Waals surface area contributed by atoms with Crippen LogP contribution in [-0.2, 0) is 14.6 Å². The summed E-state index contributed by atoms with van der Waals surface area (Å²) in [6.07, 6.45) is 4.83. The molecule has 0 aliphatic carbocycles. The summed E-state index contributed by atoms with van der Waals surface area (Å²) in [7, 11) is -1.34. The predicted molar refractivity (Wildman–Crippen MR) is 65.0 cm³/mol. The first-order valence-electron chi connectivity index (χ1n) is 5.48. The Morgan fingerprint density at radius 2 is 2.12 bits per heavy atom. The average Bonchev–Trinajstić information content (AvgIpc) is 2.18. The van der Waals surface area contributed by atoms with Gasteiger partial charge in [0.15, 0.2) is 9.84 Å². The van der Waals surface area contributed by atoms with E-state index in [0.29, 0.717) is 0 Å². The minimum Gasteiger partial charge on any atom is -0.501 e. The highest BCUT2D eigenvalue weighted by atomic mass is 32.2. The molecule has 94 valence electrons. The molecule has 0 bridgehead atoms. The number of hydrogen-bond donors (Lipinski definition) is 1. The van der Waals surface area contributed by atoms with E-state index in [2.05, 4.69) is 5.32 Å². The molecule has 5 heteroatoms. The van der Waals surface area contributed by atoms with E-state index in [-0.39, 0.29) is 6.04 Å². The molecule has 16 heavy (non-hydrogen) atoms. The Bertz CT molecular complexity index is 371. The molecule has 1 aliphatic rings. The second kappa shape index (κ2) is 4.75. The summed E-state index contributed by atoms with van der Waals surface area (Å²) in [6, 6.07) is -0.192. The van der Waals surface area contributed by atoms with Gasteiger partial charge in [-0.2, -0.15) is 0 Å².